The lowest BCUT2D eigenvalue weighted by molar-refractivity contribution is 0.307. The maximum absolute atomic E-state index is 14.0. The number of anilines is 1. The summed E-state index contributed by atoms with van der Waals surface area (Å²) in [4.78, 5) is 11.3. The van der Waals surface area contributed by atoms with E-state index in [-0.39, 0.29) is 17.6 Å². The number of nitrogen functional groups attached to an aromatic ring is 1. The van der Waals surface area contributed by atoms with Gasteiger partial charge in [0.05, 0.1) is 11.7 Å². The Kier molecular flexibility index (Phi) is 5.41. The summed E-state index contributed by atoms with van der Waals surface area (Å²) in [6.07, 6.45) is 5.89. The summed E-state index contributed by atoms with van der Waals surface area (Å²) in [5.74, 6) is -0.664. The first-order chi connectivity index (χ1) is 12.5. The van der Waals surface area contributed by atoms with Gasteiger partial charge in [0.25, 0.3) is 0 Å². The van der Waals surface area contributed by atoms with Crippen LogP contribution in [-0.4, -0.2) is 48.6 Å². The van der Waals surface area contributed by atoms with Crippen LogP contribution in [0.5, 0.6) is 0 Å². The molecule has 6 N–H and O–H groups in total. The summed E-state index contributed by atoms with van der Waals surface area (Å²) in [5, 5.41) is 15.2. The van der Waals surface area contributed by atoms with E-state index in [1.165, 1.54) is 24.6 Å². The molecule has 2 atom stereocenters. The topological polar surface area (TPSA) is 128 Å². The van der Waals surface area contributed by atoms with Gasteiger partial charge in [-0.25, -0.2) is 14.4 Å². The second-order valence-electron chi connectivity index (χ2n) is 6.75. The van der Waals surface area contributed by atoms with E-state index in [0.717, 1.165) is 25.9 Å². The van der Waals surface area contributed by atoms with Crippen LogP contribution in [0.15, 0.2) is 28.2 Å². The predicted molar refractivity (Wildman–Crippen MR) is 103 cm³/mol. The zero-order valence-corrected chi connectivity index (χ0v) is 14.5. The first-order valence-electron chi connectivity index (χ1n) is 8.72. The van der Waals surface area contributed by atoms with Crippen molar-refractivity contribution < 1.29 is 4.39 Å². The molecule has 0 saturated carbocycles. The molecule has 7 nitrogen and oxygen atoms in total. The summed E-state index contributed by atoms with van der Waals surface area (Å²) in [6.45, 7) is 1.56. The van der Waals surface area contributed by atoms with E-state index < -0.39 is 17.8 Å². The van der Waals surface area contributed by atoms with Crippen molar-refractivity contribution in [3.8, 4) is 0 Å². The van der Waals surface area contributed by atoms with Crippen LogP contribution in [0, 0.1) is 28.5 Å². The number of guanidine groups is 1. The van der Waals surface area contributed by atoms with Gasteiger partial charge in [0.1, 0.15) is 5.82 Å². The maximum atomic E-state index is 14.0. The molecule has 0 bridgehead atoms. The molecule has 0 aliphatic carbocycles. The standard InChI is InChI=1S/C18H24FN7/c19-15-7-11(1-2-16(15)23)17-14(12(8-20)9-21)10-24-18(25-17)26-5-3-13(22)4-6-26/h1-2,7-10,12-14,17,20-21H,3-6,22-23H2. The summed E-state index contributed by atoms with van der Waals surface area (Å²) < 4.78 is 14.0. The van der Waals surface area contributed by atoms with Crippen LogP contribution in [0.2, 0.25) is 0 Å². The Morgan fingerprint density at radius 2 is 1.92 bits per heavy atom. The van der Waals surface area contributed by atoms with Crippen LogP contribution in [0.25, 0.3) is 0 Å². The van der Waals surface area contributed by atoms with Gasteiger partial charge in [-0.2, -0.15) is 0 Å². The lowest BCUT2D eigenvalue weighted by Gasteiger charge is -2.35. The Bertz CT molecular complexity index is 729. The largest absolute Gasteiger partial charge is 0.396 e. The number of aliphatic imine (C=N–C) groups is 2. The van der Waals surface area contributed by atoms with Gasteiger partial charge in [0, 0.05) is 49.6 Å². The molecule has 1 aromatic carbocycles. The molecule has 2 aliphatic rings. The second kappa shape index (κ2) is 7.74. The molecule has 1 saturated heterocycles. The van der Waals surface area contributed by atoms with Gasteiger partial charge in [0.2, 0.25) is 5.96 Å². The molecule has 26 heavy (non-hydrogen) atoms. The van der Waals surface area contributed by atoms with E-state index in [2.05, 4.69) is 9.89 Å². The van der Waals surface area contributed by atoms with Crippen molar-refractivity contribution in [2.24, 2.45) is 27.6 Å². The van der Waals surface area contributed by atoms with E-state index in [4.69, 9.17) is 27.3 Å². The van der Waals surface area contributed by atoms with Crippen LogP contribution >= 0.6 is 0 Å². The number of halogens is 1. The molecule has 138 valence electrons. The van der Waals surface area contributed by atoms with Crippen molar-refractivity contribution in [1.82, 2.24) is 4.90 Å². The third kappa shape index (κ3) is 3.65. The van der Waals surface area contributed by atoms with Crippen molar-refractivity contribution in [2.45, 2.75) is 24.9 Å². The van der Waals surface area contributed by atoms with Gasteiger partial charge in [-0.05, 0) is 30.5 Å². The molecule has 2 aliphatic heterocycles. The van der Waals surface area contributed by atoms with E-state index in [0.29, 0.717) is 11.5 Å². The minimum Gasteiger partial charge on any atom is -0.396 e. The number of nitrogens with two attached hydrogens (primary N) is 2. The Morgan fingerprint density at radius 1 is 1.23 bits per heavy atom. The molecule has 0 spiro atoms. The Balaban J connectivity index is 1.94. The fourth-order valence-corrected chi connectivity index (χ4v) is 3.35. The first-order valence-corrected chi connectivity index (χ1v) is 8.72. The molecular weight excluding hydrogens is 333 g/mol. The molecule has 8 heteroatoms. The zero-order valence-electron chi connectivity index (χ0n) is 14.5. The van der Waals surface area contributed by atoms with Gasteiger partial charge in [-0.3, -0.25) is 0 Å². The third-order valence-corrected chi connectivity index (χ3v) is 5.00. The fraction of sp³-hybridized carbons (Fsp3) is 0.444. The Hall–Kier alpha value is -2.61. The van der Waals surface area contributed by atoms with Crippen molar-refractivity contribution in [1.29, 1.82) is 10.8 Å². The number of benzene rings is 1. The highest BCUT2D eigenvalue weighted by molar-refractivity contribution is 5.94. The first kappa shape index (κ1) is 18.2. The lowest BCUT2D eigenvalue weighted by atomic mass is 9.84. The molecule has 1 fully saturated rings. The Morgan fingerprint density at radius 3 is 2.54 bits per heavy atom. The summed E-state index contributed by atoms with van der Waals surface area (Å²) in [5.41, 5.74) is 12.3. The molecule has 3 rings (SSSR count). The van der Waals surface area contributed by atoms with E-state index in [1.54, 1.807) is 12.3 Å². The SMILES string of the molecule is N=CC(C=N)C1C=NC(N2CCC(N)CC2)=NC1c1ccc(N)c(F)c1. The highest BCUT2D eigenvalue weighted by atomic mass is 19.1. The molecule has 0 aromatic heterocycles. The molecule has 0 radical (unpaired) electrons. The number of likely N-dealkylation sites (tertiary alicyclic amines) is 1. The normalized spacial score (nSPS) is 24.8. The number of hydrogen-bond donors (Lipinski definition) is 4. The van der Waals surface area contributed by atoms with Crippen LogP contribution in [0.4, 0.5) is 10.1 Å². The summed E-state index contributed by atoms with van der Waals surface area (Å²) >= 11 is 0. The van der Waals surface area contributed by atoms with Gasteiger partial charge < -0.3 is 27.2 Å². The number of rotatable bonds is 4. The molecule has 2 unspecified atom stereocenters. The number of piperidine rings is 1. The smallest absolute Gasteiger partial charge is 0.220 e. The van der Waals surface area contributed by atoms with Crippen molar-refractivity contribution in [3.63, 3.8) is 0 Å². The maximum Gasteiger partial charge on any atom is 0.220 e. The average Bonchev–Trinajstić information content (AvgIpc) is 2.66. The molecule has 1 aromatic rings. The number of hydrogen-bond acceptors (Lipinski definition) is 7. The Labute approximate surface area is 152 Å². The molecule has 2 heterocycles. The van der Waals surface area contributed by atoms with E-state index in [9.17, 15) is 4.39 Å². The number of nitrogens with one attached hydrogen (secondary N) is 2. The van der Waals surface area contributed by atoms with Crippen molar-refractivity contribution in [3.05, 3.63) is 29.6 Å². The van der Waals surface area contributed by atoms with Gasteiger partial charge in [-0.1, -0.05) is 6.07 Å². The predicted octanol–water partition coefficient (Wildman–Crippen LogP) is 1.84. The minimum atomic E-state index is -0.495. The highest BCUT2D eigenvalue weighted by Gasteiger charge is 2.32. The second-order valence-corrected chi connectivity index (χ2v) is 6.75. The summed E-state index contributed by atoms with van der Waals surface area (Å²) in [7, 11) is 0. The van der Waals surface area contributed by atoms with Crippen LogP contribution in [-0.2, 0) is 0 Å². The van der Waals surface area contributed by atoms with Crippen LogP contribution in [0.3, 0.4) is 0 Å². The molecule has 0 amide bonds. The summed E-state index contributed by atoms with van der Waals surface area (Å²) in [6, 6.07) is 4.42. The van der Waals surface area contributed by atoms with Crippen LogP contribution < -0.4 is 11.5 Å². The molecular formula is C18H24FN7. The lowest BCUT2D eigenvalue weighted by Crippen LogP contribution is -2.44. The third-order valence-electron chi connectivity index (χ3n) is 5.00. The highest BCUT2D eigenvalue weighted by Crippen LogP contribution is 2.34. The van der Waals surface area contributed by atoms with Crippen LogP contribution in [0.1, 0.15) is 24.4 Å². The van der Waals surface area contributed by atoms with Gasteiger partial charge in [0.15, 0.2) is 0 Å². The van der Waals surface area contributed by atoms with E-state index >= 15 is 0 Å². The average molecular weight is 357 g/mol. The minimum absolute atomic E-state index is 0.0830. The zero-order chi connectivity index (χ0) is 18.7. The van der Waals surface area contributed by atoms with Gasteiger partial charge >= 0.3 is 0 Å². The monoisotopic (exact) mass is 357 g/mol. The van der Waals surface area contributed by atoms with Crippen molar-refractivity contribution in [2.75, 3.05) is 18.8 Å². The quantitative estimate of drug-likeness (QED) is 0.485. The van der Waals surface area contributed by atoms with Gasteiger partial charge in [-0.15, -0.1) is 0 Å². The fourth-order valence-electron chi connectivity index (χ4n) is 3.35. The van der Waals surface area contributed by atoms with Crippen molar-refractivity contribution >= 4 is 30.3 Å². The number of nitrogens with zero attached hydrogens (tertiary/aromatic N) is 3. The van der Waals surface area contributed by atoms with E-state index in [1.807, 2.05) is 0 Å².